The number of carbonyl (C=O) groups is 2. The lowest BCUT2D eigenvalue weighted by Crippen LogP contribution is -2.32. The predicted octanol–water partition coefficient (Wildman–Crippen LogP) is 5.97. The number of aryl methyl sites for hydroxylation is 1. The zero-order chi connectivity index (χ0) is 27.7. The molecule has 2 amide bonds. The van der Waals surface area contributed by atoms with E-state index in [-0.39, 0.29) is 11.8 Å². The van der Waals surface area contributed by atoms with Gasteiger partial charge in [-0.3, -0.25) is 9.59 Å². The molecule has 1 fully saturated rings. The summed E-state index contributed by atoms with van der Waals surface area (Å²) in [5, 5.41) is 6.28. The van der Waals surface area contributed by atoms with Crippen LogP contribution < -0.4 is 15.5 Å². The van der Waals surface area contributed by atoms with E-state index in [1.165, 1.54) is 18.3 Å². The Morgan fingerprint density at radius 3 is 2.67 bits per heavy atom. The first-order chi connectivity index (χ1) is 18.6. The van der Waals surface area contributed by atoms with Gasteiger partial charge in [-0.15, -0.1) is 0 Å². The number of ether oxygens (including phenoxy) is 1. The summed E-state index contributed by atoms with van der Waals surface area (Å²) < 4.78 is 45.0. The molecule has 8 nitrogen and oxygen atoms in total. The van der Waals surface area contributed by atoms with Crippen LogP contribution in [-0.4, -0.2) is 41.7 Å². The van der Waals surface area contributed by atoms with E-state index in [2.05, 4.69) is 20.6 Å². The Bertz CT molecular complexity index is 1540. The molecule has 39 heavy (non-hydrogen) atoms. The summed E-state index contributed by atoms with van der Waals surface area (Å²) in [4.78, 5) is 35.6. The number of aromatic nitrogens is 2. The zero-order valence-electron chi connectivity index (χ0n) is 21.2. The van der Waals surface area contributed by atoms with E-state index >= 15 is 0 Å². The van der Waals surface area contributed by atoms with Gasteiger partial charge in [-0.2, -0.15) is 13.2 Å². The monoisotopic (exact) mass is 537 g/mol. The van der Waals surface area contributed by atoms with Crippen molar-refractivity contribution in [2.75, 3.05) is 29.2 Å². The van der Waals surface area contributed by atoms with Crippen molar-refractivity contribution in [3.63, 3.8) is 0 Å². The highest BCUT2D eigenvalue weighted by Gasteiger charge is 2.31. The average Bonchev–Trinajstić information content (AvgIpc) is 3.62. The number of halogens is 3. The van der Waals surface area contributed by atoms with Crippen LogP contribution in [0.1, 0.15) is 44.7 Å². The van der Waals surface area contributed by atoms with Gasteiger partial charge in [-0.05, 0) is 61.7 Å². The minimum absolute atomic E-state index is 0.135. The van der Waals surface area contributed by atoms with E-state index in [0.29, 0.717) is 34.9 Å². The molecule has 2 aromatic carbocycles. The molecule has 0 aliphatic carbocycles. The molecule has 5 rings (SSSR count). The number of hydrogen-bond donors (Lipinski definition) is 3. The van der Waals surface area contributed by atoms with Crippen LogP contribution in [0.2, 0.25) is 0 Å². The highest BCUT2D eigenvalue weighted by Crippen LogP contribution is 2.33. The van der Waals surface area contributed by atoms with Gasteiger partial charge in [0.2, 0.25) is 0 Å². The fourth-order valence-corrected chi connectivity index (χ4v) is 4.61. The van der Waals surface area contributed by atoms with Gasteiger partial charge in [-0.1, -0.05) is 12.1 Å². The third-order valence-electron chi connectivity index (χ3n) is 6.69. The highest BCUT2D eigenvalue weighted by atomic mass is 19.4. The van der Waals surface area contributed by atoms with Gasteiger partial charge in [0.25, 0.3) is 11.8 Å². The van der Waals surface area contributed by atoms with Crippen LogP contribution in [0.15, 0.2) is 60.9 Å². The standard InChI is InChI=1S/C28H26F3N5O3/c1-16-8-9-19(34-26(37)17-5-3-6-18(13-17)28(29,30)31)14-22(16)35-27(38)21-15-33-25-20(10-11-32-25)24(21)36(2)23-7-4-12-39-23/h3,5-6,8-11,13-15,23H,4,7,12H2,1-2H3,(H,32,33)(H,34,37)(H,35,38). The lowest BCUT2D eigenvalue weighted by atomic mass is 10.1. The van der Waals surface area contributed by atoms with Crippen LogP contribution >= 0.6 is 0 Å². The van der Waals surface area contributed by atoms with Crippen molar-refractivity contribution < 1.29 is 27.5 Å². The number of pyridine rings is 1. The molecule has 3 heterocycles. The first-order valence-electron chi connectivity index (χ1n) is 12.3. The van der Waals surface area contributed by atoms with E-state index < -0.39 is 23.6 Å². The number of rotatable bonds is 6. The number of aromatic amines is 1. The Balaban J connectivity index is 1.40. The summed E-state index contributed by atoms with van der Waals surface area (Å²) in [6.45, 7) is 2.44. The van der Waals surface area contributed by atoms with Gasteiger partial charge in [0.15, 0.2) is 0 Å². The summed E-state index contributed by atoms with van der Waals surface area (Å²) in [6.07, 6.45) is 0.283. The summed E-state index contributed by atoms with van der Waals surface area (Å²) >= 11 is 0. The molecule has 202 valence electrons. The fraction of sp³-hybridized carbons (Fsp3) is 0.250. The third-order valence-corrected chi connectivity index (χ3v) is 6.69. The normalized spacial score (nSPS) is 15.4. The number of carbonyl (C=O) groups excluding carboxylic acids is 2. The fourth-order valence-electron chi connectivity index (χ4n) is 4.61. The number of benzene rings is 2. The molecule has 1 saturated heterocycles. The average molecular weight is 538 g/mol. The number of H-pyrrole nitrogens is 1. The molecule has 0 bridgehead atoms. The summed E-state index contributed by atoms with van der Waals surface area (Å²) in [5.41, 5.74) is 2.09. The summed E-state index contributed by atoms with van der Waals surface area (Å²) in [7, 11) is 1.88. The third kappa shape index (κ3) is 5.44. The van der Waals surface area contributed by atoms with Gasteiger partial charge < -0.3 is 25.3 Å². The molecule has 1 aliphatic heterocycles. The molecule has 0 radical (unpaired) electrons. The van der Waals surface area contributed by atoms with Gasteiger partial charge in [-0.25, -0.2) is 4.98 Å². The summed E-state index contributed by atoms with van der Waals surface area (Å²) in [6, 6.07) is 10.9. The molecule has 0 spiro atoms. The molecule has 1 aliphatic rings. The number of fused-ring (bicyclic) bond motifs is 1. The number of nitrogens with one attached hydrogen (secondary N) is 3. The zero-order valence-corrected chi connectivity index (χ0v) is 21.2. The van der Waals surface area contributed by atoms with E-state index in [4.69, 9.17) is 4.74 Å². The van der Waals surface area contributed by atoms with Crippen LogP contribution in [-0.2, 0) is 10.9 Å². The molecule has 1 atom stereocenters. The Morgan fingerprint density at radius 1 is 1.10 bits per heavy atom. The Kier molecular flexibility index (Phi) is 7.00. The van der Waals surface area contributed by atoms with Crippen LogP contribution in [0.25, 0.3) is 11.0 Å². The number of alkyl halides is 3. The van der Waals surface area contributed by atoms with Crippen molar-refractivity contribution in [2.24, 2.45) is 0 Å². The minimum Gasteiger partial charge on any atom is -0.358 e. The predicted molar refractivity (Wildman–Crippen MR) is 142 cm³/mol. The maximum Gasteiger partial charge on any atom is 0.416 e. The van der Waals surface area contributed by atoms with Crippen molar-refractivity contribution in [1.29, 1.82) is 0 Å². The Morgan fingerprint density at radius 2 is 1.92 bits per heavy atom. The van der Waals surface area contributed by atoms with E-state index in [1.807, 2.05) is 18.0 Å². The maximum absolute atomic E-state index is 13.5. The highest BCUT2D eigenvalue weighted by molar-refractivity contribution is 6.13. The first-order valence-corrected chi connectivity index (χ1v) is 12.3. The Hall–Kier alpha value is -4.38. The van der Waals surface area contributed by atoms with Crippen molar-refractivity contribution >= 4 is 39.9 Å². The van der Waals surface area contributed by atoms with Crippen molar-refractivity contribution in [1.82, 2.24) is 9.97 Å². The first kappa shape index (κ1) is 26.2. The number of nitrogens with zero attached hydrogens (tertiary/aromatic N) is 2. The van der Waals surface area contributed by atoms with Crippen molar-refractivity contribution in [2.45, 2.75) is 32.2 Å². The van der Waals surface area contributed by atoms with E-state index in [1.54, 1.807) is 31.3 Å². The quantitative estimate of drug-likeness (QED) is 0.282. The topological polar surface area (TPSA) is 99.3 Å². The minimum atomic E-state index is -4.56. The van der Waals surface area contributed by atoms with Crippen LogP contribution in [0.4, 0.5) is 30.2 Å². The van der Waals surface area contributed by atoms with Crippen molar-refractivity contribution in [3.05, 3.63) is 83.2 Å². The van der Waals surface area contributed by atoms with Crippen LogP contribution in [0.5, 0.6) is 0 Å². The molecular weight excluding hydrogens is 511 g/mol. The molecule has 11 heteroatoms. The molecular formula is C28H26F3N5O3. The van der Waals surface area contributed by atoms with Gasteiger partial charge in [0.1, 0.15) is 11.9 Å². The lowest BCUT2D eigenvalue weighted by molar-refractivity contribution is -0.137. The molecule has 2 aromatic heterocycles. The molecule has 1 unspecified atom stereocenters. The van der Waals surface area contributed by atoms with Gasteiger partial charge >= 0.3 is 6.18 Å². The maximum atomic E-state index is 13.5. The number of hydrogen-bond acceptors (Lipinski definition) is 5. The lowest BCUT2D eigenvalue weighted by Gasteiger charge is -2.28. The Labute approximate surface area is 222 Å². The second-order valence-electron chi connectivity index (χ2n) is 9.36. The van der Waals surface area contributed by atoms with Crippen LogP contribution in [0.3, 0.4) is 0 Å². The second kappa shape index (κ2) is 10.4. The largest absolute Gasteiger partial charge is 0.416 e. The van der Waals surface area contributed by atoms with Gasteiger partial charge in [0.05, 0.1) is 16.8 Å². The van der Waals surface area contributed by atoms with E-state index in [0.717, 1.165) is 35.9 Å². The van der Waals surface area contributed by atoms with Gasteiger partial charge in [0, 0.05) is 48.4 Å². The molecule has 3 N–H and O–H groups in total. The van der Waals surface area contributed by atoms with Crippen LogP contribution in [0, 0.1) is 6.92 Å². The summed E-state index contributed by atoms with van der Waals surface area (Å²) in [5.74, 6) is -1.11. The number of amides is 2. The second-order valence-corrected chi connectivity index (χ2v) is 9.36. The molecule has 4 aromatic rings. The van der Waals surface area contributed by atoms with Crippen molar-refractivity contribution in [3.8, 4) is 0 Å². The van der Waals surface area contributed by atoms with E-state index in [9.17, 15) is 22.8 Å². The number of anilines is 3. The SMILES string of the molecule is Cc1ccc(NC(=O)c2cccc(C(F)(F)F)c2)cc1NC(=O)c1cnc2[nH]ccc2c1N(C)C1CCCO1. The smallest absolute Gasteiger partial charge is 0.358 e. The molecule has 0 saturated carbocycles.